The zero-order valence-electron chi connectivity index (χ0n) is 12.9. The van der Waals surface area contributed by atoms with E-state index in [-0.39, 0.29) is 11.4 Å². The van der Waals surface area contributed by atoms with E-state index in [2.05, 4.69) is 11.4 Å². The number of thioether (sulfide) groups is 1. The van der Waals surface area contributed by atoms with Gasteiger partial charge < -0.3 is 19.7 Å². The minimum absolute atomic E-state index is 0.0826. The number of thiophene rings is 1. The second-order valence-corrected chi connectivity index (χ2v) is 7.10. The largest absolute Gasteiger partial charge is 0.497 e. The Balaban J connectivity index is 1.76. The van der Waals surface area contributed by atoms with Gasteiger partial charge in [0.25, 0.3) is 0 Å². The van der Waals surface area contributed by atoms with E-state index in [0.717, 1.165) is 12.3 Å². The van der Waals surface area contributed by atoms with Crippen LogP contribution in [0.1, 0.15) is 10.3 Å². The molecular formula is C16H18N2O3S2. The summed E-state index contributed by atoms with van der Waals surface area (Å²) in [5.74, 6) is 2.21. The number of ether oxygens (including phenoxy) is 2. The number of carbonyl (C=O) groups excluding carboxylic acids is 1. The SMILES string of the molecule is COc1ccc(NC(=O)N2CCS[C@@H]2c2cccs2)c(OC)c1. The Bertz CT molecular complexity index is 676. The average Bonchev–Trinajstić information content (AvgIpc) is 3.25. The molecule has 1 aromatic heterocycles. The maximum absolute atomic E-state index is 12.7. The quantitative estimate of drug-likeness (QED) is 0.904. The molecule has 0 bridgehead atoms. The molecule has 2 amide bonds. The lowest BCUT2D eigenvalue weighted by atomic mass is 10.2. The molecule has 2 heterocycles. The fourth-order valence-corrected chi connectivity index (χ4v) is 4.67. The van der Waals surface area contributed by atoms with Gasteiger partial charge in [-0.3, -0.25) is 0 Å². The van der Waals surface area contributed by atoms with E-state index >= 15 is 0 Å². The van der Waals surface area contributed by atoms with Crippen molar-refractivity contribution in [2.24, 2.45) is 0 Å². The summed E-state index contributed by atoms with van der Waals surface area (Å²) in [7, 11) is 3.17. The normalized spacial score (nSPS) is 17.1. The second kappa shape index (κ2) is 7.14. The number of hydrogen-bond acceptors (Lipinski definition) is 5. The number of hydrogen-bond donors (Lipinski definition) is 1. The Kier molecular flexibility index (Phi) is 4.97. The molecule has 2 aromatic rings. The number of urea groups is 1. The van der Waals surface area contributed by atoms with Gasteiger partial charge in [-0.25, -0.2) is 4.79 Å². The number of nitrogens with zero attached hydrogens (tertiary/aromatic N) is 1. The van der Waals surface area contributed by atoms with Gasteiger partial charge in [-0.15, -0.1) is 23.1 Å². The van der Waals surface area contributed by atoms with Gasteiger partial charge >= 0.3 is 6.03 Å². The lowest BCUT2D eigenvalue weighted by molar-refractivity contribution is 0.214. The predicted molar refractivity (Wildman–Crippen MR) is 94.8 cm³/mol. The van der Waals surface area contributed by atoms with Gasteiger partial charge in [0.1, 0.15) is 16.9 Å². The summed E-state index contributed by atoms with van der Waals surface area (Å²) in [5.41, 5.74) is 0.639. The van der Waals surface area contributed by atoms with E-state index in [9.17, 15) is 4.79 Å². The van der Waals surface area contributed by atoms with Crippen LogP contribution in [0.4, 0.5) is 10.5 Å². The van der Waals surface area contributed by atoms with Crippen molar-refractivity contribution in [3.63, 3.8) is 0 Å². The number of anilines is 1. The molecule has 3 rings (SSSR count). The number of methoxy groups -OCH3 is 2. The van der Waals surface area contributed by atoms with Crippen LogP contribution in [0.5, 0.6) is 11.5 Å². The lowest BCUT2D eigenvalue weighted by Gasteiger charge is -2.23. The summed E-state index contributed by atoms with van der Waals surface area (Å²) in [6, 6.07) is 9.32. The summed E-state index contributed by atoms with van der Waals surface area (Å²) in [4.78, 5) is 15.7. The lowest BCUT2D eigenvalue weighted by Crippen LogP contribution is -2.34. The number of benzene rings is 1. The van der Waals surface area contributed by atoms with Crippen molar-refractivity contribution >= 4 is 34.8 Å². The second-order valence-electron chi connectivity index (χ2n) is 4.93. The maximum Gasteiger partial charge on any atom is 0.323 e. The first kappa shape index (κ1) is 16.0. The molecule has 0 unspecified atom stereocenters. The van der Waals surface area contributed by atoms with E-state index in [4.69, 9.17) is 9.47 Å². The van der Waals surface area contributed by atoms with Gasteiger partial charge in [0, 0.05) is 23.2 Å². The third kappa shape index (κ3) is 3.40. The van der Waals surface area contributed by atoms with Crippen LogP contribution in [0, 0.1) is 0 Å². The van der Waals surface area contributed by atoms with Crippen molar-refractivity contribution in [3.05, 3.63) is 40.6 Å². The van der Waals surface area contributed by atoms with E-state index in [1.165, 1.54) is 4.88 Å². The molecule has 0 aliphatic carbocycles. The van der Waals surface area contributed by atoms with E-state index < -0.39 is 0 Å². The topological polar surface area (TPSA) is 50.8 Å². The smallest absolute Gasteiger partial charge is 0.323 e. The maximum atomic E-state index is 12.7. The number of rotatable bonds is 4. The van der Waals surface area contributed by atoms with E-state index in [1.807, 2.05) is 16.3 Å². The van der Waals surface area contributed by atoms with Crippen molar-refractivity contribution in [1.82, 2.24) is 4.90 Å². The summed E-state index contributed by atoms with van der Waals surface area (Å²) in [6.45, 7) is 0.734. The molecule has 1 aliphatic rings. The van der Waals surface area contributed by atoms with Crippen LogP contribution in [0.2, 0.25) is 0 Å². The fraction of sp³-hybridized carbons (Fsp3) is 0.312. The Morgan fingerprint density at radius 3 is 2.87 bits per heavy atom. The van der Waals surface area contributed by atoms with Gasteiger partial charge in [-0.1, -0.05) is 6.07 Å². The van der Waals surface area contributed by atoms with E-state index in [0.29, 0.717) is 17.2 Å². The molecule has 1 aliphatic heterocycles. The van der Waals surface area contributed by atoms with Crippen LogP contribution >= 0.6 is 23.1 Å². The highest BCUT2D eigenvalue weighted by atomic mass is 32.2. The monoisotopic (exact) mass is 350 g/mol. The zero-order chi connectivity index (χ0) is 16.2. The van der Waals surface area contributed by atoms with Gasteiger partial charge in [0.05, 0.1) is 19.9 Å². The molecule has 0 spiro atoms. The standard InChI is InChI=1S/C16H18N2O3S2/c1-20-11-5-6-12(13(10-11)21-2)17-16(19)18-7-9-23-15(18)14-4-3-8-22-14/h3-6,8,10,15H,7,9H2,1-2H3,(H,17,19)/t15-/m1/s1. The third-order valence-electron chi connectivity index (χ3n) is 3.59. The van der Waals surface area contributed by atoms with Crippen LogP contribution < -0.4 is 14.8 Å². The van der Waals surface area contributed by atoms with Gasteiger partial charge in [-0.2, -0.15) is 0 Å². The molecule has 122 valence electrons. The zero-order valence-corrected chi connectivity index (χ0v) is 14.6. The highest BCUT2D eigenvalue weighted by Crippen LogP contribution is 2.40. The van der Waals surface area contributed by atoms with Crippen molar-refractivity contribution in [3.8, 4) is 11.5 Å². The third-order valence-corrected chi connectivity index (χ3v) is 5.91. The Morgan fingerprint density at radius 1 is 1.30 bits per heavy atom. The molecule has 1 N–H and O–H groups in total. The molecule has 1 fully saturated rings. The average molecular weight is 350 g/mol. The van der Waals surface area contributed by atoms with Gasteiger partial charge in [0.15, 0.2) is 0 Å². The van der Waals surface area contributed by atoms with Crippen LogP contribution in [0.3, 0.4) is 0 Å². The fourth-order valence-electron chi connectivity index (χ4n) is 2.43. The Morgan fingerprint density at radius 2 is 2.17 bits per heavy atom. The van der Waals surface area contributed by atoms with Crippen LogP contribution in [-0.4, -0.2) is 37.4 Å². The van der Waals surface area contributed by atoms with Crippen LogP contribution in [-0.2, 0) is 0 Å². The van der Waals surface area contributed by atoms with Crippen LogP contribution in [0.15, 0.2) is 35.7 Å². The number of nitrogens with one attached hydrogen (secondary N) is 1. The molecule has 5 nitrogen and oxygen atoms in total. The molecule has 7 heteroatoms. The van der Waals surface area contributed by atoms with Gasteiger partial charge in [0.2, 0.25) is 0 Å². The van der Waals surface area contributed by atoms with Gasteiger partial charge in [-0.05, 0) is 23.6 Å². The Labute approximate surface area is 143 Å². The molecular weight excluding hydrogens is 332 g/mol. The predicted octanol–water partition coefficient (Wildman–Crippen LogP) is 4.04. The van der Waals surface area contributed by atoms with E-state index in [1.54, 1.807) is 55.5 Å². The first-order chi connectivity index (χ1) is 11.2. The van der Waals surface area contributed by atoms with Crippen LogP contribution in [0.25, 0.3) is 0 Å². The minimum atomic E-state index is -0.114. The van der Waals surface area contributed by atoms with Crippen molar-refractivity contribution < 1.29 is 14.3 Å². The molecule has 0 saturated carbocycles. The number of amides is 2. The van der Waals surface area contributed by atoms with Crippen molar-refractivity contribution in [2.45, 2.75) is 5.37 Å². The first-order valence-electron chi connectivity index (χ1n) is 7.17. The highest BCUT2D eigenvalue weighted by molar-refractivity contribution is 7.99. The summed E-state index contributed by atoms with van der Waals surface area (Å²) in [5, 5.41) is 5.07. The Hall–Kier alpha value is -1.86. The molecule has 1 atom stereocenters. The molecule has 0 radical (unpaired) electrons. The number of carbonyl (C=O) groups is 1. The summed E-state index contributed by atoms with van der Waals surface area (Å²) >= 11 is 3.46. The molecule has 1 aromatic carbocycles. The highest BCUT2D eigenvalue weighted by Gasteiger charge is 2.31. The van der Waals surface area contributed by atoms with Crippen molar-refractivity contribution in [1.29, 1.82) is 0 Å². The summed E-state index contributed by atoms with van der Waals surface area (Å²) in [6.07, 6.45) is 0. The summed E-state index contributed by atoms with van der Waals surface area (Å²) < 4.78 is 10.5. The molecule has 1 saturated heterocycles. The first-order valence-corrected chi connectivity index (χ1v) is 9.10. The minimum Gasteiger partial charge on any atom is -0.497 e. The molecule has 23 heavy (non-hydrogen) atoms. The van der Waals surface area contributed by atoms with Crippen molar-refractivity contribution in [2.75, 3.05) is 31.8 Å².